The Morgan fingerprint density at radius 1 is 0.694 bits per heavy atom. The van der Waals surface area contributed by atoms with E-state index in [1.807, 2.05) is 9.80 Å². The predicted octanol–water partition coefficient (Wildman–Crippen LogP) is 2.74. The first kappa shape index (κ1) is 26.7. The average molecular weight is 501 g/mol. The number of aldehydes is 2. The van der Waals surface area contributed by atoms with E-state index in [1.165, 1.54) is 24.3 Å². The van der Waals surface area contributed by atoms with Gasteiger partial charge in [-0.25, -0.2) is 0 Å². The molecule has 0 saturated carbocycles. The summed E-state index contributed by atoms with van der Waals surface area (Å²) in [6.07, 6.45) is 3.15. The van der Waals surface area contributed by atoms with Crippen molar-refractivity contribution < 1.29 is 29.6 Å². The number of hydrogen-bond acceptors (Lipinski definition) is 10. The van der Waals surface area contributed by atoms with Gasteiger partial charge < -0.3 is 20.0 Å². The molecule has 192 valence electrons. The number of benzene rings is 2. The number of piperidine rings is 2. The smallest absolute Gasteiger partial charge is 0.280 e. The lowest BCUT2D eigenvalue weighted by molar-refractivity contribution is -0.385. The highest BCUT2D eigenvalue weighted by Gasteiger charge is 2.21. The molecule has 2 fully saturated rings. The molecule has 0 unspecified atom stereocenters. The summed E-state index contributed by atoms with van der Waals surface area (Å²) in [5.74, 6) is 0. The van der Waals surface area contributed by atoms with E-state index in [0.29, 0.717) is 64.4 Å². The summed E-state index contributed by atoms with van der Waals surface area (Å²) in [6, 6.07) is 9.05. The maximum absolute atomic E-state index is 10.9. The molecule has 36 heavy (non-hydrogen) atoms. The topological polar surface area (TPSA) is 167 Å². The van der Waals surface area contributed by atoms with Gasteiger partial charge in [0, 0.05) is 49.7 Å². The van der Waals surface area contributed by atoms with Crippen LogP contribution in [-0.2, 0) is 0 Å². The van der Waals surface area contributed by atoms with Gasteiger partial charge in [0.05, 0.1) is 33.2 Å². The van der Waals surface area contributed by atoms with Crippen molar-refractivity contribution in [1.82, 2.24) is 0 Å². The van der Waals surface area contributed by atoms with E-state index in [0.717, 1.165) is 11.4 Å². The van der Waals surface area contributed by atoms with Crippen LogP contribution < -0.4 is 9.80 Å². The number of rotatable bonds is 6. The zero-order valence-electron chi connectivity index (χ0n) is 19.6. The molecule has 0 aliphatic carbocycles. The van der Waals surface area contributed by atoms with Crippen LogP contribution in [0.15, 0.2) is 36.4 Å². The summed E-state index contributed by atoms with van der Waals surface area (Å²) in [5, 5.41) is 40.3. The van der Waals surface area contributed by atoms with Crippen molar-refractivity contribution in [3.8, 4) is 0 Å². The van der Waals surface area contributed by atoms with Gasteiger partial charge in [-0.15, -0.1) is 0 Å². The van der Waals surface area contributed by atoms with Crippen molar-refractivity contribution in [3.05, 3.63) is 67.8 Å². The fourth-order valence-electron chi connectivity index (χ4n) is 4.25. The van der Waals surface area contributed by atoms with Crippen molar-refractivity contribution in [2.45, 2.75) is 37.9 Å². The molecule has 0 spiro atoms. The van der Waals surface area contributed by atoms with Gasteiger partial charge in [-0.3, -0.25) is 29.8 Å². The van der Waals surface area contributed by atoms with Crippen LogP contribution in [0.4, 0.5) is 22.7 Å². The third kappa shape index (κ3) is 6.61. The van der Waals surface area contributed by atoms with Crippen LogP contribution in [0, 0.1) is 20.2 Å². The number of aliphatic hydroxyl groups is 2. The molecule has 0 atom stereocenters. The summed E-state index contributed by atoms with van der Waals surface area (Å²) in [4.78, 5) is 46.0. The number of nitrogens with zero attached hydrogens (tertiary/aromatic N) is 4. The molecule has 2 aliphatic rings. The highest BCUT2D eigenvalue weighted by atomic mass is 16.6. The number of carbonyl (C=O) groups excluding carboxylic acids is 2. The summed E-state index contributed by atoms with van der Waals surface area (Å²) in [7, 11) is 0. The van der Waals surface area contributed by atoms with Gasteiger partial charge in [0.25, 0.3) is 11.4 Å². The summed E-state index contributed by atoms with van der Waals surface area (Å²) in [5.41, 5.74) is 1.40. The van der Waals surface area contributed by atoms with Crippen molar-refractivity contribution in [2.75, 3.05) is 36.0 Å². The lowest BCUT2D eigenvalue weighted by atomic mass is 10.1. The van der Waals surface area contributed by atoms with Crippen molar-refractivity contribution in [2.24, 2.45) is 0 Å². The Labute approximate surface area is 207 Å². The van der Waals surface area contributed by atoms with Gasteiger partial charge in [-0.1, -0.05) is 0 Å². The number of hydrogen-bond donors (Lipinski definition) is 2. The van der Waals surface area contributed by atoms with Gasteiger partial charge in [-0.2, -0.15) is 0 Å². The average Bonchev–Trinajstić information content (AvgIpc) is 2.89. The Morgan fingerprint density at radius 2 is 1.03 bits per heavy atom. The Balaban J connectivity index is 0.000000201. The molecule has 2 aromatic rings. The summed E-state index contributed by atoms with van der Waals surface area (Å²) >= 11 is 0. The number of nitro benzene ring substituents is 2. The first-order chi connectivity index (χ1) is 17.2. The van der Waals surface area contributed by atoms with Crippen LogP contribution in [0.1, 0.15) is 46.4 Å². The lowest BCUT2D eigenvalue weighted by Crippen LogP contribution is -2.35. The Hall–Kier alpha value is -3.90. The molecule has 12 heteroatoms. The maximum Gasteiger partial charge on any atom is 0.280 e. The van der Waals surface area contributed by atoms with Crippen LogP contribution in [0.25, 0.3) is 0 Å². The minimum absolute atomic E-state index is 0.0867. The molecular formula is C24H28N4O8. The van der Waals surface area contributed by atoms with E-state index in [-0.39, 0.29) is 34.7 Å². The third-order valence-corrected chi connectivity index (χ3v) is 6.33. The molecule has 12 nitrogen and oxygen atoms in total. The Bertz CT molecular complexity index is 1020. The largest absolute Gasteiger partial charge is 0.393 e. The standard InChI is InChI=1S/2C12H14N2O4/c2*15-8-9-7-10(1-2-12(9)14(17)18)13-5-3-11(16)4-6-13/h2*1-2,7-8,11,16H,3-6H2. The molecule has 2 saturated heterocycles. The van der Waals surface area contributed by atoms with Gasteiger partial charge in [0.15, 0.2) is 12.6 Å². The fraction of sp³-hybridized carbons (Fsp3) is 0.417. The maximum atomic E-state index is 10.9. The molecule has 0 radical (unpaired) electrons. The number of aliphatic hydroxyl groups excluding tert-OH is 2. The predicted molar refractivity (Wildman–Crippen MR) is 132 cm³/mol. The van der Waals surface area contributed by atoms with E-state index < -0.39 is 9.85 Å². The van der Waals surface area contributed by atoms with Crippen LogP contribution in [0.3, 0.4) is 0 Å². The molecule has 2 N–H and O–H groups in total. The fourth-order valence-corrected chi connectivity index (χ4v) is 4.25. The van der Waals surface area contributed by atoms with E-state index in [9.17, 15) is 40.0 Å². The number of nitro groups is 2. The molecular weight excluding hydrogens is 472 g/mol. The normalized spacial score (nSPS) is 16.6. The van der Waals surface area contributed by atoms with Gasteiger partial charge in [-0.05, 0) is 49.9 Å². The quantitative estimate of drug-likeness (QED) is 0.342. The molecule has 2 heterocycles. The zero-order valence-corrected chi connectivity index (χ0v) is 19.6. The van der Waals surface area contributed by atoms with Crippen LogP contribution in [-0.4, -0.2) is 71.0 Å². The Morgan fingerprint density at radius 3 is 1.31 bits per heavy atom. The molecule has 0 amide bonds. The van der Waals surface area contributed by atoms with Gasteiger partial charge in [0.2, 0.25) is 0 Å². The third-order valence-electron chi connectivity index (χ3n) is 6.33. The minimum Gasteiger partial charge on any atom is -0.393 e. The molecule has 0 aromatic heterocycles. The summed E-state index contributed by atoms with van der Waals surface area (Å²) < 4.78 is 0. The van der Waals surface area contributed by atoms with Crippen molar-refractivity contribution in [1.29, 1.82) is 0 Å². The van der Waals surface area contributed by atoms with Crippen molar-refractivity contribution >= 4 is 35.3 Å². The van der Waals surface area contributed by atoms with E-state index in [2.05, 4.69) is 0 Å². The second-order valence-electron chi connectivity index (χ2n) is 8.67. The van der Waals surface area contributed by atoms with Gasteiger partial charge >= 0.3 is 0 Å². The van der Waals surface area contributed by atoms with Crippen molar-refractivity contribution in [3.63, 3.8) is 0 Å². The first-order valence-corrected chi connectivity index (χ1v) is 11.6. The van der Waals surface area contributed by atoms with E-state index in [4.69, 9.17) is 0 Å². The van der Waals surface area contributed by atoms with Gasteiger partial charge in [0.1, 0.15) is 0 Å². The lowest BCUT2D eigenvalue weighted by Gasteiger charge is -2.31. The van der Waals surface area contributed by atoms with Crippen LogP contribution in [0.2, 0.25) is 0 Å². The molecule has 0 bridgehead atoms. The first-order valence-electron chi connectivity index (χ1n) is 11.6. The number of anilines is 2. The van der Waals surface area contributed by atoms with Crippen LogP contribution >= 0.6 is 0 Å². The van der Waals surface area contributed by atoms with Crippen LogP contribution in [0.5, 0.6) is 0 Å². The van der Waals surface area contributed by atoms with E-state index in [1.54, 1.807) is 12.1 Å². The highest BCUT2D eigenvalue weighted by molar-refractivity contribution is 5.84. The minimum atomic E-state index is -0.562. The SMILES string of the molecule is O=Cc1cc(N2CCC(O)CC2)ccc1[N+](=O)[O-].O=Cc1cc(N2CCC(O)CC2)ccc1[N+](=O)[O-]. The summed E-state index contributed by atoms with van der Waals surface area (Å²) in [6.45, 7) is 2.77. The second-order valence-corrected chi connectivity index (χ2v) is 8.67. The monoisotopic (exact) mass is 500 g/mol. The van der Waals surface area contributed by atoms with E-state index >= 15 is 0 Å². The molecule has 2 aliphatic heterocycles. The highest BCUT2D eigenvalue weighted by Crippen LogP contribution is 2.27. The Kier molecular flexibility index (Phi) is 9.03. The number of carbonyl (C=O) groups is 2. The molecule has 2 aromatic carbocycles. The second kappa shape index (κ2) is 12.2. The zero-order chi connectivity index (χ0) is 26.2. The molecule has 4 rings (SSSR count).